The number of hydrogen-bond acceptors (Lipinski definition) is 1. The average Bonchev–Trinajstić information content (AvgIpc) is 2.67. The van der Waals surface area contributed by atoms with E-state index in [2.05, 4.69) is 55.8 Å². The molecule has 1 unspecified atom stereocenters. The van der Waals surface area contributed by atoms with Gasteiger partial charge >= 0.3 is 0 Å². The maximum atomic E-state index is 4.60. The Balaban J connectivity index is 0.000000437. The van der Waals surface area contributed by atoms with Crippen LogP contribution in [0.3, 0.4) is 0 Å². The zero-order valence-electron chi connectivity index (χ0n) is 11.2. The summed E-state index contributed by atoms with van der Waals surface area (Å²) < 4.78 is 0. The Labute approximate surface area is 106 Å². The van der Waals surface area contributed by atoms with Crippen molar-refractivity contribution in [2.45, 2.75) is 45.6 Å². The van der Waals surface area contributed by atoms with Gasteiger partial charge in [0.2, 0.25) is 0 Å². The molecule has 1 aliphatic carbocycles. The second kappa shape index (κ2) is 6.47. The Hall–Kier alpha value is -1.26. The highest BCUT2D eigenvalue weighted by atomic mass is 15.0. The van der Waals surface area contributed by atoms with Crippen LogP contribution in [0.1, 0.15) is 44.7 Å². The van der Waals surface area contributed by atoms with E-state index in [0.717, 1.165) is 6.54 Å². The van der Waals surface area contributed by atoms with Crippen molar-refractivity contribution in [3.05, 3.63) is 35.4 Å². The van der Waals surface area contributed by atoms with Crippen LogP contribution in [0.4, 0.5) is 0 Å². The first-order chi connectivity index (χ1) is 8.18. The summed E-state index contributed by atoms with van der Waals surface area (Å²) in [4.78, 5) is 0. The van der Waals surface area contributed by atoms with Crippen LogP contribution in [0, 0.1) is 12.3 Å². The minimum Gasteiger partial charge on any atom is -0.308 e. The minimum absolute atomic E-state index is 0.229. The van der Waals surface area contributed by atoms with Crippen molar-refractivity contribution in [1.29, 1.82) is 0 Å². The molecule has 1 nitrogen and oxygen atoms in total. The van der Waals surface area contributed by atoms with E-state index in [9.17, 15) is 0 Å². The second-order valence-electron chi connectivity index (χ2n) is 4.70. The molecule has 1 aromatic carbocycles. The number of hydrogen-bond donors (Lipinski definition) is 1. The van der Waals surface area contributed by atoms with Gasteiger partial charge in [-0.15, -0.1) is 12.3 Å². The fourth-order valence-corrected chi connectivity index (χ4v) is 2.38. The van der Waals surface area contributed by atoms with E-state index in [1.807, 2.05) is 0 Å². The molecule has 1 aromatic rings. The Morgan fingerprint density at radius 1 is 1.41 bits per heavy atom. The summed E-state index contributed by atoms with van der Waals surface area (Å²) in [6, 6.07) is 8.82. The number of fused-ring (bicyclic) bond motifs is 1. The van der Waals surface area contributed by atoms with Gasteiger partial charge in [-0.25, -0.2) is 0 Å². The third-order valence-electron chi connectivity index (χ3n) is 3.27. The van der Waals surface area contributed by atoms with Gasteiger partial charge in [-0.1, -0.05) is 31.2 Å². The number of aryl methyl sites for hydroxylation is 1. The Bertz CT molecular complexity index is 389. The van der Waals surface area contributed by atoms with E-state index < -0.39 is 0 Å². The fraction of sp³-hybridized carbons (Fsp3) is 0.500. The predicted octanol–water partition coefficient (Wildman–Crippen LogP) is 3.49. The third kappa shape index (κ3) is 3.35. The highest BCUT2D eigenvalue weighted by molar-refractivity contribution is 5.37. The van der Waals surface area contributed by atoms with Gasteiger partial charge in [0.05, 0.1) is 0 Å². The molecule has 0 bridgehead atoms. The van der Waals surface area contributed by atoms with Crippen molar-refractivity contribution in [3.8, 4) is 12.3 Å². The van der Waals surface area contributed by atoms with Gasteiger partial charge in [0.15, 0.2) is 0 Å². The van der Waals surface area contributed by atoms with E-state index in [0.29, 0.717) is 0 Å². The lowest BCUT2D eigenvalue weighted by atomic mass is 9.94. The molecule has 0 heterocycles. The molecule has 0 aromatic heterocycles. The van der Waals surface area contributed by atoms with Crippen molar-refractivity contribution >= 4 is 0 Å². The van der Waals surface area contributed by atoms with Crippen molar-refractivity contribution in [2.75, 3.05) is 6.54 Å². The molecule has 1 heteroatoms. The SMILES string of the molecule is C#CC.CCCNC1(C)CCc2ccccc21. The number of nitrogens with one attached hydrogen (secondary N) is 1. The van der Waals surface area contributed by atoms with Crippen molar-refractivity contribution in [2.24, 2.45) is 0 Å². The van der Waals surface area contributed by atoms with Crippen LogP contribution < -0.4 is 5.32 Å². The Kier molecular flexibility index (Phi) is 5.25. The molecule has 1 atom stereocenters. The van der Waals surface area contributed by atoms with Crippen LogP contribution in [-0.2, 0) is 12.0 Å². The van der Waals surface area contributed by atoms with E-state index in [1.54, 1.807) is 6.92 Å². The molecule has 1 N–H and O–H groups in total. The molecule has 0 fully saturated rings. The topological polar surface area (TPSA) is 12.0 Å². The first-order valence-electron chi connectivity index (χ1n) is 6.38. The molecule has 0 radical (unpaired) electrons. The van der Waals surface area contributed by atoms with Crippen molar-refractivity contribution in [3.63, 3.8) is 0 Å². The highest BCUT2D eigenvalue weighted by Gasteiger charge is 2.32. The van der Waals surface area contributed by atoms with Gasteiger partial charge in [-0.2, -0.15) is 0 Å². The van der Waals surface area contributed by atoms with Gasteiger partial charge in [-0.05, 0) is 50.8 Å². The number of terminal acetylenes is 1. The second-order valence-corrected chi connectivity index (χ2v) is 4.70. The van der Waals surface area contributed by atoms with Crippen LogP contribution >= 0.6 is 0 Å². The van der Waals surface area contributed by atoms with Gasteiger partial charge in [0.1, 0.15) is 0 Å². The summed E-state index contributed by atoms with van der Waals surface area (Å²) >= 11 is 0. The standard InChI is InChI=1S/C13H19N.C3H4/c1-3-10-14-13(2)9-8-11-6-4-5-7-12(11)13;1-3-2/h4-7,14H,3,8-10H2,1-2H3;1H,2H3. The summed E-state index contributed by atoms with van der Waals surface area (Å²) in [5.74, 6) is 2.25. The maximum absolute atomic E-state index is 4.60. The molecule has 1 aliphatic rings. The quantitative estimate of drug-likeness (QED) is 0.782. The molecule has 17 heavy (non-hydrogen) atoms. The summed E-state index contributed by atoms with van der Waals surface area (Å²) in [5, 5.41) is 3.66. The van der Waals surface area contributed by atoms with Gasteiger partial charge < -0.3 is 5.32 Å². The number of benzene rings is 1. The van der Waals surface area contributed by atoms with Gasteiger partial charge in [0.25, 0.3) is 0 Å². The molecule has 0 saturated carbocycles. The van der Waals surface area contributed by atoms with E-state index in [-0.39, 0.29) is 5.54 Å². The average molecular weight is 229 g/mol. The zero-order valence-corrected chi connectivity index (χ0v) is 11.2. The molecule has 0 spiro atoms. The van der Waals surface area contributed by atoms with E-state index in [4.69, 9.17) is 0 Å². The third-order valence-corrected chi connectivity index (χ3v) is 3.27. The normalized spacial score (nSPS) is 21.1. The monoisotopic (exact) mass is 229 g/mol. The van der Waals surface area contributed by atoms with Gasteiger partial charge in [-0.3, -0.25) is 0 Å². The Morgan fingerprint density at radius 2 is 2.06 bits per heavy atom. The summed E-state index contributed by atoms with van der Waals surface area (Å²) in [6.45, 7) is 7.32. The molecule has 0 amide bonds. The zero-order chi connectivity index (χ0) is 12.7. The highest BCUT2D eigenvalue weighted by Crippen LogP contribution is 2.36. The Morgan fingerprint density at radius 3 is 2.71 bits per heavy atom. The smallest absolute Gasteiger partial charge is 0.0411 e. The largest absolute Gasteiger partial charge is 0.308 e. The maximum Gasteiger partial charge on any atom is 0.0411 e. The van der Waals surface area contributed by atoms with Gasteiger partial charge in [0, 0.05) is 5.54 Å². The lowest BCUT2D eigenvalue weighted by molar-refractivity contribution is 0.366. The molecule has 0 aliphatic heterocycles. The molecule has 92 valence electrons. The minimum atomic E-state index is 0.229. The van der Waals surface area contributed by atoms with Crippen molar-refractivity contribution < 1.29 is 0 Å². The number of rotatable bonds is 3. The van der Waals surface area contributed by atoms with Crippen LogP contribution in [0.5, 0.6) is 0 Å². The van der Waals surface area contributed by atoms with Crippen LogP contribution in [0.15, 0.2) is 24.3 Å². The van der Waals surface area contributed by atoms with Crippen LogP contribution in [-0.4, -0.2) is 6.54 Å². The summed E-state index contributed by atoms with van der Waals surface area (Å²) in [5.41, 5.74) is 3.26. The lowest BCUT2D eigenvalue weighted by Gasteiger charge is -2.27. The molecular weight excluding hydrogens is 206 g/mol. The van der Waals surface area contributed by atoms with Crippen LogP contribution in [0.2, 0.25) is 0 Å². The lowest BCUT2D eigenvalue weighted by Crippen LogP contribution is -2.37. The molecule has 2 rings (SSSR count). The van der Waals surface area contributed by atoms with E-state index >= 15 is 0 Å². The van der Waals surface area contributed by atoms with Crippen LogP contribution in [0.25, 0.3) is 0 Å². The molecule has 0 saturated heterocycles. The van der Waals surface area contributed by atoms with E-state index in [1.165, 1.54) is 30.4 Å². The molecular formula is C16H23N. The van der Waals surface area contributed by atoms with Crippen molar-refractivity contribution in [1.82, 2.24) is 5.32 Å². The predicted molar refractivity (Wildman–Crippen MR) is 74.9 cm³/mol. The summed E-state index contributed by atoms with van der Waals surface area (Å²) in [7, 11) is 0. The summed E-state index contributed by atoms with van der Waals surface area (Å²) in [6.07, 6.45) is 8.27. The fourth-order valence-electron chi connectivity index (χ4n) is 2.38. The first-order valence-corrected chi connectivity index (χ1v) is 6.38. The first kappa shape index (κ1) is 13.8.